The minimum absolute atomic E-state index is 0.461. The van der Waals surface area contributed by atoms with Gasteiger partial charge in [-0.1, -0.05) is 6.92 Å². The average Bonchev–Trinajstić information content (AvgIpc) is 2.47. The summed E-state index contributed by atoms with van der Waals surface area (Å²) in [6, 6.07) is 0. The Balaban J connectivity index is 2.95. The fraction of sp³-hybridized carbons (Fsp3) is 0.700. The molecule has 1 aromatic rings. The van der Waals surface area contributed by atoms with Gasteiger partial charge in [0.15, 0.2) is 0 Å². The van der Waals surface area contributed by atoms with Crippen molar-refractivity contribution >= 4 is 11.3 Å². The molecule has 1 aromatic heterocycles. The predicted molar refractivity (Wildman–Crippen MR) is 59.6 cm³/mol. The van der Waals surface area contributed by atoms with Crippen LogP contribution in [0, 0.1) is 6.92 Å². The molecule has 0 aliphatic carbocycles. The Morgan fingerprint density at radius 1 is 1.57 bits per heavy atom. The largest absolute Gasteiger partial charge is 0.382 e. The SMILES string of the molecule is CCc1nc(C(C)(N)COC)sc1C. The van der Waals surface area contributed by atoms with E-state index in [2.05, 4.69) is 18.8 Å². The maximum absolute atomic E-state index is 6.11. The zero-order valence-corrected chi connectivity index (χ0v) is 10.1. The van der Waals surface area contributed by atoms with Crippen molar-refractivity contribution in [1.82, 2.24) is 4.98 Å². The molecule has 0 fully saturated rings. The Morgan fingerprint density at radius 3 is 2.64 bits per heavy atom. The standard InChI is InChI=1S/C10H18N2OS/c1-5-8-7(2)14-9(12-8)10(3,11)6-13-4/h5-6,11H2,1-4H3. The highest BCUT2D eigenvalue weighted by molar-refractivity contribution is 7.11. The number of aromatic nitrogens is 1. The van der Waals surface area contributed by atoms with Crippen molar-refractivity contribution in [2.45, 2.75) is 32.7 Å². The molecule has 14 heavy (non-hydrogen) atoms. The summed E-state index contributed by atoms with van der Waals surface area (Å²) in [5.74, 6) is 0. The average molecular weight is 214 g/mol. The molecule has 1 unspecified atom stereocenters. The summed E-state index contributed by atoms with van der Waals surface area (Å²) >= 11 is 1.67. The number of nitrogens with zero attached hydrogens (tertiary/aromatic N) is 1. The maximum atomic E-state index is 6.11. The Morgan fingerprint density at radius 2 is 2.21 bits per heavy atom. The Labute approximate surface area is 89.3 Å². The van der Waals surface area contributed by atoms with Crippen LogP contribution in [0.15, 0.2) is 0 Å². The van der Waals surface area contributed by atoms with E-state index in [4.69, 9.17) is 10.5 Å². The van der Waals surface area contributed by atoms with Gasteiger partial charge in [-0.25, -0.2) is 4.98 Å². The van der Waals surface area contributed by atoms with Gasteiger partial charge in [0.05, 0.1) is 17.8 Å². The van der Waals surface area contributed by atoms with Gasteiger partial charge in [0.2, 0.25) is 0 Å². The number of hydrogen-bond acceptors (Lipinski definition) is 4. The summed E-state index contributed by atoms with van der Waals surface area (Å²) < 4.78 is 5.09. The van der Waals surface area contributed by atoms with E-state index in [1.807, 2.05) is 6.92 Å². The molecule has 2 N–H and O–H groups in total. The molecule has 3 nitrogen and oxygen atoms in total. The van der Waals surface area contributed by atoms with Crippen LogP contribution in [-0.4, -0.2) is 18.7 Å². The molecule has 80 valence electrons. The zero-order valence-electron chi connectivity index (χ0n) is 9.26. The van der Waals surface area contributed by atoms with E-state index in [0.717, 1.165) is 17.1 Å². The van der Waals surface area contributed by atoms with Gasteiger partial charge in [0.1, 0.15) is 5.01 Å². The van der Waals surface area contributed by atoms with Crippen LogP contribution in [0.25, 0.3) is 0 Å². The van der Waals surface area contributed by atoms with Crippen molar-refractivity contribution in [2.75, 3.05) is 13.7 Å². The van der Waals surface area contributed by atoms with E-state index in [-0.39, 0.29) is 0 Å². The zero-order chi connectivity index (χ0) is 10.8. The van der Waals surface area contributed by atoms with E-state index < -0.39 is 5.54 Å². The normalized spacial score (nSPS) is 15.5. The minimum Gasteiger partial charge on any atom is -0.382 e. The van der Waals surface area contributed by atoms with E-state index in [9.17, 15) is 0 Å². The first-order valence-corrected chi connectivity index (χ1v) is 5.57. The molecular weight excluding hydrogens is 196 g/mol. The molecule has 0 saturated carbocycles. The Hall–Kier alpha value is -0.450. The van der Waals surface area contributed by atoms with Crippen LogP contribution < -0.4 is 5.73 Å². The highest BCUT2D eigenvalue weighted by atomic mass is 32.1. The number of methoxy groups -OCH3 is 1. The van der Waals surface area contributed by atoms with Crippen LogP contribution in [0.5, 0.6) is 0 Å². The summed E-state index contributed by atoms with van der Waals surface area (Å²) in [5, 5.41) is 0.966. The molecule has 0 bridgehead atoms. The van der Waals surface area contributed by atoms with Gasteiger partial charge in [-0.2, -0.15) is 0 Å². The second kappa shape index (κ2) is 4.38. The lowest BCUT2D eigenvalue weighted by Crippen LogP contribution is -2.37. The molecule has 0 aliphatic heterocycles. The van der Waals surface area contributed by atoms with Crippen molar-refractivity contribution in [1.29, 1.82) is 0 Å². The lowest BCUT2D eigenvalue weighted by Gasteiger charge is -2.20. The highest BCUT2D eigenvalue weighted by Gasteiger charge is 2.25. The van der Waals surface area contributed by atoms with Crippen molar-refractivity contribution in [2.24, 2.45) is 5.73 Å². The molecule has 0 amide bonds. The molecule has 1 heterocycles. The van der Waals surface area contributed by atoms with E-state index in [1.54, 1.807) is 18.4 Å². The van der Waals surface area contributed by atoms with Gasteiger partial charge < -0.3 is 10.5 Å². The van der Waals surface area contributed by atoms with E-state index in [0.29, 0.717) is 6.61 Å². The van der Waals surface area contributed by atoms with Crippen molar-refractivity contribution < 1.29 is 4.74 Å². The van der Waals surface area contributed by atoms with Crippen LogP contribution in [0.1, 0.15) is 29.4 Å². The third-order valence-electron chi connectivity index (χ3n) is 2.16. The first-order valence-electron chi connectivity index (χ1n) is 4.76. The van der Waals surface area contributed by atoms with Gasteiger partial charge in [-0.15, -0.1) is 11.3 Å². The summed E-state index contributed by atoms with van der Waals surface area (Å²) in [6.07, 6.45) is 0.964. The lowest BCUT2D eigenvalue weighted by molar-refractivity contribution is 0.141. The summed E-state index contributed by atoms with van der Waals surface area (Å²) in [4.78, 5) is 5.79. The topological polar surface area (TPSA) is 48.1 Å². The number of ether oxygens (including phenoxy) is 1. The van der Waals surface area contributed by atoms with Crippen LogP contribution >= 0.6 is 11.3 Å². The van der Waals surface area contributed by atoms with Crippen LogP contribution in [-0.2, 0) is 16.7 Å². The number of hydrogen-bond donors (Lipinski definition) is 1. The van der Waals surface area contributed by atoms with E-state index in [1.165, 1.54) is 4.88 Å². The van der Waals surface area contributed by atoms with Gasteiger partial charge in [0, 0.05) is 12.0 Å². The van der Waals surface area contributed by atoms with E-state index >= 15 is 0 Å². The molecule has 0 radical (unpaired) electrons. The van der Waals surface area contributed by atoms with Crippen molar-refractivity contribution in [3.63, 3.8) is 0 Å². The van der Waals surface area contributed by atoms with Crippen LogP contribution in [0.4, 0.5) is 0 Å². The third kappa shape index (κ3) is 2.32. The van der Waals surface area contributed by atoms with Gasteiger partial charge in [-0.05, 0) is 20.3 Å². The first kappa shape index (κ1) is 11.6. The van der Waals surface area contributed by atoms with Crippen molar-refractivity contribution in [3.8, 4) is 0 Å². The predicted octanol–water partition coefficient (Wildman–Crippen LogP) is 1.83. The molecule has 0 aliphatic rings. The molecular formula is C10H18N2OS. The van der Waals surface area contributed by atoms with Gasteiger partial charge >= 0.3 is 0 Å². The Bertz CT molecular complexity index is 307. The fourth-order valence-electron chi connectivity index (χ4n) is 1.36. The quantitative estimate of drug-likeness (QED) is 0.832. The van der Waals surface area contributed by atoms with Crippen LogP contribution in [0.3, 0.4) is 0 Å². The monoisotopic (exact) mass is 214 g/mol. The minimum atomic E-state index is -0.461. The second-order valence-corrected chi connectivity index (χ2v) is 4.93. The molecule has 1 atom stereocenters. The summed E-state index contributed by atoms with van der Waals surface area (Å²) in [7, 11) is 1.66. The number of aryl methyl sites for hydroxylation is 2. The third-order valence-corrected chi connectivity index (χ3v) is 3.45. The fourth-order valence-corrected chi connectivity index (χ4v) is 2.41. The summed E-state index contributed by atoms with van der Waals surface area (Å²) in [5.41, 5.74) is 6.80. The van der Waals surface area contributed by atoms with Gasteiger partial charge in [-0.3, -0.25) is 0 Å². The maximum Gasteiger partial charge on any atom is 0.115 e. The summed E-state index contributed by atoms with van der Waals surface area (Å²) in [6.45, 7) is 6.65. The molecule has 0 aromatic carbocycles. The Kier molecular flexibility index (Phi) is 3.64. The molecule has 4 heteroatoms. The van der Waals surface area contributed by atoms with Crippen molar-refractivity contribution in [3.05, 3.63) is 15.6 Å². The molecule has 0 saturated heterocycles. The second-order valence-electron chi connectivity index (χ2n) is 3.73. The lowest BCUT2D eigenvalue weighted by atomic mass is 10.1. The molecule has 0 spiro atoms. The number of thiazole rings is 1. The number of nitrogens with two attached hydrogens (primary N) is 1. The molecule has 1 rings (SSSR count). The first-order chi connectivity index (χ1) is 6.51. The highest BCUT2D eigenvalue weighted by Crippen LogP contribution is 2.26. The number of rotatable bonds is 4. The van der Waals surface area contributed by atoms with Crippen LogP contribution in [0.2, 0.25) is 0 Å². The smallest absolute Gasteiger partial charge is 0.115 e. The van der Waals surface area contributed by atoms with Gasteiger partial charge in [0.25, 0.3) is 0 Å².